The molecule has 5 rings (SSSR count). The van der Waals surface area contributed by atoms with Crippen molar-refractivity contribution in [1.29, 1.82) is 0 Å². The van der Waals surface area contributed by atoms with E-state index in [0.29, 0.717) is 33.7 Å². The number of primary amides is 1. The van der Waals surface area contributed by atoms with Gasteiger partial charge in [-0.25, -0.2) is 4.79 Å². The molecule has 0 atom stereocenters. The molecule has 1 heterocycles. The second-order valence-electron chi connectivity index (χ2n) is 10.2. The topological polar surface area (TPSA) is 126 Å². The van der Waals surface area contributed by atoms with E-state index in [4.69, 9.17) is 15.2 Å². The molecule has 0 saturated heterocycles. The first-order valence-electron chi connectivity index (χ1n) is 13.9. The standard InChI is InChI=1S/C34H32N4O6/c1-43-26-16-24(17-27(18-26)44-2)19-36(21-30(35)39)31(40)22-38-32-28(33(41)25-12-7-4-8-13-25)14-9-15-29(32)37(34(38)42)20-23-10-5-3-6-11-23/h3-18H,19-22H2,1-2H3,(H2,35,39). The minimum absolute atomic E-state index is 0.00252. The minimum atomic E-state index is -0.716. The number of nitrogens with two attached hydrogens (primary N) is 1. The molecule has 0 aliphatic carbocycles. The highest BCUT2D eigenvalue weighted by molar-refractivity contribution is 6.15. The molecule has 10 nitrogen and oxygen atoms in total. The predicted octanol–water partition coefficient (Wildman–Crippen LogP) is 3.61. The van der Waals surface area contributed by atoms with Gasteiger partial charge in [0.15, 0.2) is 5.78 Å². The number of benzene rings is 4. The summed E-state index contributed by atoms with van der Waals surface area (Å²) in [6.07, 6.45) is 0. The van der Waals surface area contributed by atoms with Crippen molar-refractivity contribution in [2.45, 2.75) is 19.6 Å². The van der Waals surface area contributed by atoms with E-state index in [9.17, 15) is 19.2 Å². The van der Waals surface area contributed by atoms with Crippen LogP contribution in [0.1, 0.15) is 27.0 Å². The van der Waals surface area contributed by atoms with Crippen LogP contribution >= 0.6 is 0 Å². The van der Waals surface area contributed by atoms with Gasteiger partial charge in [-0.15, -0.1) is 0 Å². The van der Waals surface area contributed by atoms with Crippen LogP contribution in [0.4, 0.5) is 0 Å². The Morgan fingerprint density at radius 3 is 2.02 bits per heavy atom. The Morgan fingerprint density at radius 1 is 0.773 bits per heavy atom. The van der Waals surface area contributed by atoms with Crippen LogP contribution in [0.2, 0.25) is 0 Å². The van der Waals surface area contributed by atoms with Gasteiger partial charge in [-0.1, -0.05) is 66.7 Å². The molecule has 4 aromatic carbocycles. The maximum Gasteiger partial charge on any atom is 0.329 e. The molecule has 0 radical (unpaired) electrons. The van der Waals surface area contributed by atoms with Crippen molar-refractivity contribution in [1.82, 2.24) is 14.0 Å². The molecule has 0 fully saturated rings. The number of hydrogen-bond acceptors (Lipinski definition) is 6. The van der Waals surface area contributed by atoms with Gasteiger partial charge in [0.05, 0.1) is 38.3 Å². The van der Waals surface area contributed by atoms with Gasteiger partial charge in [0.25, 0.3) is 0 Å². The van der Waals surface area contributed by atoms with Crippen LogP contribution in [-0.4, -0.2) is 52.4 Å². The van der Waals surface area contributed by atoms with Crippen LogP contribution in [0.25, 0.3) is 11.0 Å². The highest BCUT2D eigenvalue weighted by atomic mass is 16.5. The van der Waals surface area contributed by atoms with E-state index in [2.05, 4.69) is 0 Å². The van der Waals surface area contributed by atoms with E-state index in [-0.39, 0.29) is 31.0 Å². The Kier molecular flexibility index (Phi) is 8.90. The molecule has 0 saturated carbocycles. The zero-order valence-electron chi connectivity index (χ0n) is 24.4. The lowest BCUT2D eigenvalue weighted by molar-refractivity contribution is -0.136. The third kappa shape index (κ3) is 6.39. The molecule has 5 aromatic rings. The lowest BCUT2D eigenvalue weighted by atomic mass is 10.0. The van der Waals surface area contributed by atoms with Gasteiger partial charge in [-0.2, -0.15) is 0 Å². The highest BCUT2D eigenvalue weighted by Crippen LogP contribution is 2.25. The van der Waals surface area contributed by atoms with E-state index in [1.165, 1.54) is 23.7 Å². The van der Waals surface area contributed by atoms with Gasteiger partial charge in [-0.3, -0.25) is 23.5 Å². The number of carbonyl (C=O) groups is 3. The van der Waals surface area contributed by atoms with E-state index in [0.717, 1.165) is 5.56 Å². The summed E-state index contributed by atoms with van der Waals surface area (Å²) in [5.41, 5.74) is 8.14. The first kappa shape index (κ1) is 29.8. The monoisotopic (exact) mass is 592 g/mol. The number of amides is 2. The molecular formula is C34H32N4O6. The van der Waals surface area contributed by atoms with Gasteiger partial charge < -0.3 is 20.1 Å². The first-order chi connectivity index (χ1) is 21.3. The Labute approximate surface area is 253 Å². The van der Waals surface area contributed by atoms with Crippen LogP contribution < -0.4 is 20.9 Å². The molecule has 1 aromatic heterocycles. The number of rotatable bonds is 12. The largest absolute Gasteiger partial charge is 0.497 e. The molecule has 0 unspecified atom stereocenters. The van der Waals surface area contributed by atoms with Crippen molar-refractivity contribution in [3.05, 3.63) is 130 Å². The molecule has 10 heteroatoms. The Balaban J connectivity index is 1.60. The summed E-state index contributed by atoms with van der Waals surface area (Å²) in [5.74, 6) is -0.516. The summed E-state index contributed by atoms with van der Waals surface area (Å²) in [6, 6.07) is 28.4. The van der Waals surface area contributed by atoms with Gasteiger partial charge in [0.1, 0.15) is 18.0 Å². The molecule has 0 bridgehead atoms. The lowest BCUT2D eigenvalue weighted by Crippen LogP contribution is -2.41. The van der Waals surface area contributed by atoms with E-state index < -0.39 is 24.0 Å². The van der Waals surface area contributed by atoms with Gasteiger partial charge >= 0.3 is 5.69 Å². The van der Waals surface area contributed by atoms with Gasteiger partial charge in [0.2, 0.25) is 11.8 Å². The first-order valence-corrected chi connectivity index (χ1v) is 13.9. The number of ketones is 1. The number of carbonyl (C=O) groups excluding carboxylic acids is 3. The zero-order valence-corrected chi connectivity index (χ0v) is 24.4. The summed E-state index contributed by atoms with van der Waals surface area (Å²) in [5, 5.41) is 0. The number of nitrogens with zero attached hydrogens (tertiary/aromatic N) is 3. The molecule has 2 amide bonds. The summed E-state index contributed by atoms with van der Waals surface area (Å²) < 4.78 is 13.5. The van der Waals surface area contributed by atoms with Crippen molar-refractivity contribution in [2.24, 2.45) is 5.73 Å². The number of para-hydroxylation sites is 1. The smallest absolute Gasteiger partial charge is 0.329 e. The van der Waals surface area contributed by atoms with Crippen molar-refractivity contribution >= 4 is 28.6 Å². The van der Waals surface area contributed by atoms with Crippen LogP contribution in [0.5, 0.6) is 11.5 Å². The van der Waals surface area contributed by atoms with E-state index in [1.54, 1.807) is 65.2 Å². The van der Waals surface area contributed by atoms with Gasteiger partial charge in [-0.05, 0) is 35.4 Å². The lowest BCUT2D eigenvalue weighted by Gasteiger charge is -2.22. The van der Waals surface area contributed by atoms with Crippen molar-refractivity contribution in [2.75, 3.05) is 20.8 Å². The number of methoxy groups -OCH3 is 2. The minimum Gasteiger partial charge on any atom is -0.497 e. The summed E-state index contributed by atoms with van der Waals surface area (Å²) in [4.78, 5) is 54.9. The van der Waals surface area contributed by atoms with Crippen LogP contribution in [-0.2, 0) is 29.2 Å². The molecule has 2 N–H and O–H groups in total. The molecule has 0 aliphatic rings. The van der Waals surface area contributed by atoms with Crippen molar-refractivity contribution in [3.63, 3.8) is 0 Å². The second-order valence-corrected chi connectivity index (χ2v) is 10.2. The predicted molar refractivity (Wildman–Crippen MR) is 166 cm³/mol. The fourth-order valence-electron chi connectivity index (χ4n) is 5.20. The molecular weight excluding hydrogens is 560 g/mol. The van der Waals surface area contributed by atoms with Crippen molar-refractivity contribution < 1.29 is 23.9 Å². The van der Waals surface area contributed by atoms with E-state index in [1.807, 2.05) is 36.4 Å². The quantitative estimate of drug-likeness (QED) is 0.221. The van der Waals surface area contributed by atoms with E-state index >= 15 is 0 Å². The van der Waals surface area contributed by atoms with Crippen molar-refractivity contribution in [3.8, 4) is 11.5 Å². The number of hydrogen-bond donors (Lipinski definition) is 1. The van der Waals surface area contributed by atoms with Crippen LogP contribution in [0.15, 0.2) is 102 Å². The fraction of sp³-hybridized carbons (Fsp3) is 0.176. The summed E-state index contributed by atoms with van der Waals surface area (Å²) >= 11 is 0. The number of imidazole rings is 1. The maximum atomic E-state index is 14.0. The number of aromatic nitrogens is 2. The maximum absolute atomic E-state index is 14.0. The van der Waals surface area contributed by atoms with Crippen LogP contribution in [0.3, 0.4) is 0 Å². The Hall–Kier alpha value is -5.64. The normalized spacial score (nSPS) is 10.9. The fourth-order valence-corrected chi connectivity index (χ4v) is 5.20. The van der Waals surface area contributed by atoms with Crippen LogP contribution in [0, 0.1) is 0 Å². The third-order valence-corrected chi connectivity index (χ3v) is 7.28. The molecule has 224 valence electrons. The summed E-state index contributed by atoms with van der Waals surface area (Å²) in [7, 11) is 3.02. The SMILES string of the molecule is COc1cc(CN(CC(N)=O)C(=O)Cn2c(=O)n(Cc3ccccc3)c3cccc(C(=O)c4ccccc4)c32)cc(OC)c1. The average Bonchev–Trinajstić information content (AvgIpc) is 3.30. The highest BCUT2D eigenvalue weighted by Gasteiger charge is 2.25. The number of fused-ring (bicyclic) bond motifs is 1. The Bertz CT molecular complexity index is 1860. The Morgan fingerprint density at radius 2 is 1.41 bits per heavy atom. The second kappa shape index (κ2) is 13.1. The average molecular weight is 593 g/mol. The molecule has 0 aliphatic heterocycles. The molecule has 0 spiro atoms. The zero-order chi connectivity index (χ0) is 31.2. The summed E-state index contributed by atoms with van der Waals surface area (Å²) in [6.45, 7) is -0.576. The van der Waals surface area contributed by atoms with Gasteiger partial charge in [0, 0.05) is 23.7 Å². The molecule has 44 heavy (non-hydrogen) atoms. The number of ether oxygens (including phenoxy) is 2. The third-order valence-electron chi connectivity index (χ3n) is 7.28.